The first kappa shape index (κ1) is 18.9. The highest BCUT2D eigenvalue weighted by atomic mass is 16.5. The zero-order valence-corrected chi connectivity index (χ0v) is 15.5. The van der Waals surface area contributed by atoms with Crippen molar-refractivity contribution < 1.29 is 19.2 Å². The van der Waals surface area contributed by atoms with Crippen molar-refractivity contribution >= 4 is 12.0 Å². The normalized spacial score (nSPS) is 20.9. The van der Waals surface area contributed by atoms with E-state index in [0.29, 0.717) is 31.1 Å². The molecule has 0 radical (unpaired) electrons. The Morgan fingerprint density at radius 2 is 2.07 bits per heavy atom. The second-order valence-corrected chi connectivity index (χ2v) is 7.16. The van der Waals surface area contributed by atoms with Crippen LogP contribution in [0.5, 0.6) is 0 Å². The largest absolute Gasteiger partial charge is 0.481 e. The van der Waals surface area contributed by atoms with Gasteiger partial charge >= 0.3 is 12.0 Å². The van der Waals surface area contributed by atoms with Crippen molar-refractivity contribution in [2.75, 3.05) is 13.1 Å². The summed E-state index contributed by atoms with van der Waals surface area (Å²) in [4.78, 5) is 29.7. The van der Waals surface area contributed by atoms with Crippen LogP contribution in [0.3, 0.4) is 0 Å². The molecule has 0 spiro atoms. The van der Waals surface area contributed by atoms with Gasteiger partial charge in [0.05, 0.1) is 5.92 Å². The monoisotopic (exact) mass is 372 g/mol. The summed E-state index contributed by atoms with van der Waals surface area (Å²) < 4.78 is 5.28. The fourth-order valence-electron chi connectivity index (χ4n) is 3.33. The average Bonchev–Trinajstić information content (AvgIpc) is 3.10. The fraction of sp³-hybridized carbons (Fsp3) is 0.474. The third kappa shape index (κ3) is 4.84. The Kier molecular flexibility index (Phi) is 5.73. The fourth-order valence-corrected chi connectivity index (χ4v) is 3.33. The van der Waals surface area contributed by atoms with Gasteiger partial charge in [0.2, 0.25) is 5.89 Å². The molecule has 8 heteroatoms. The summed E-state index contributed by atoms with van der Waals surface area (Å²) in [7, 11) is 0. The molecule has 0 bridgehead atoms. The molecule has 3 unspecified atom stereocenters. The number of carbonyl (C=O) groups is 2. The number of carbonyl (C=O) groups excluding carboxylic acids is 1. The van der Waals surface area contributed by atoms with Crippen LogP contribution in [0.25, 0.3) is 0 Å². The van der Waals surface area contributed by atoms with Gasteiger partial charge in [0, 0.05) is 19.5 Å². The van der Waals surface area contributed by atoms with Gasteiger partial charge < -0.3 is 19.8 Å². The first-order valence-corrected chi connectivity index (χ1v) is 9.07. The van der Waals surface area contributed by atoms with E-state index in [9.17, 15) is 14.7 Å². The quantitative estimate of drug-likeness (QED) is 0.835. The Morgan fingerprint density at radius 1 is 1.33 bits per heavy atom. The first-order chi connectivity index (χ1) is 12.9. The number of amides is 2. The summed E-state index contributed by atoms with van der Waals surface area (Å²) in [6.07, 6.45) is 1.14. The van der Waals surface area contributed by atoms with Crippen molar-refractivity contribution in [2.45, 2.75) is 32.7 Å². The van der Waals surface area contributed by atoms with Crippen molar-refractivity contribution in [3.05, 3.63) is 47.6 Å². The highest BCUT2D eigenvalue weighted by Gasteiger charge is 2.32. The number of nitrogens with one attached hydrogen (secondary N) is 1. The van der Waals surface area contributed by atoms with Gasteiger partial charge in [-0.2, -0.15) is 4.98 Å². The van der Waals surface area contributed by atoms with Gasteiger partial charge in [-0.25, -0.2) is 4.79 Å². The molecule has 8 nitrogen and oxygen atoms in total. The Bertz CT molecular complexity index is 792. The van der Waals surface area contributed by atoms with Crippen LogP contribution in [0.2, 0.25) is 0 Å². The zero-order valence-electron chi connectivity index (χ0n) is 15.5. The molecule has 1 aliphatic heterocycles. The third-order valence-corrected chi connectivity index (χ3v) is 4.70. The number of aliphatic carboxylic acids is 1. The van der Waals surface area contributed by atoms with E-state index in [4.69, 9.17) is 4.52 Å². The van der Waals surface area contributed by atoms with Crippen LogP contribution < -0.4 is 5.32 Å². The van der Waals surface area contributed by atoms with E-state index in [-0.39, 0.29) is 18.5 Å². The van der Waals surface area contributed by atoms with Crippen LogP contribution in [0.4, 0.5) is 4.79 Å². The number of rotatable bonds is 5. The maximum absolute atomic E-state index is 12.5. The highest BCUT2D eigenvalue weighted by Crippen LogP contribution is 2.22. The van der Waals surface area contributed by atoms with Gasteiger partial charge in [-0.05, 0) is 24.8 Å². The number of carboxylic acid groups (broad SMARTS) is 1. The van der Waals surface area contributed by atoms with E-state index in [2.05, 4.69) is 15.5 Å². The van der Waals surface area contributed by atoms with E-state index in [1.165, 1.54) is 0 Å². The molecule has 2 N–H and O–H groups in total. The molecule has 2 heterocycles. The predicted octanol–water partition coefficient (Wildman–Crippen LogP) is 2.47. The minimum atomic E-state index is -0.866. The maximum Gasteiger partial charge on any atom is 0.318 e. The molecule has 2 amide bonds. The standard InChI is InChI=1S/C19H24N4O4/c1-12-8-15(18(24)25)11-23(10-12)19(26)20-13(2)17-21-16(22-27-17)9-14-6-4-3-5-7-14/h3-7,12-13,15H,8-11H2,1-2H3,(H,20,26)(H,24,25). The maximum atomic E-state index is 12.5. The number of urea groups is 1. The number of carboxylic acids is 1. The van der Waals surface area contributed by atoms with Crippen molar-refractivity contribution in [1.29, 1.82) is 0 Å². The van der Waals surface area contributed by atoms with E-state index in [1.807, 2.05) is 37.3 Å². The van der Waals surface area contributed by atoms with Gasteiger partial charge in [-0.3, -0.25) is 4.79 Å². The van der Waals surface area contributed by atoms with Gasteiger partial charge in [0.15, 0.2) is 5.82 Å². The zero-order chi connectivity index (χ0) is 19.4. The smallest absolute Gasteiger partial charge is 0.318 e. The summed E-state index contributed by atoms with van der Waals surface area (Å²) in [5, 5.41) is 16.0. The Balaban J connectivity index is 1.59. The molecule has 1 saturated heterocycles. The van der Waals surface area contributed by atoms with Crippen LogP contribution in [0.1, 0.15) is 43.6 Å². The third-order valence-electron chi connectivity index (χ3n) is 4.70. The molecular formula is C19H24N4O4. The van der Waals surface area contributed by atoms with Crippen LogP contribution in [0.15, 0.2) is 34.9 Å². The van der Waals surface area contributed by atoms with Crippen LogP contribution in [-0.2, 0) is 11.2 Å². The van der Waals surface area contributed by atoms with E-state index in [1.54, 1.807) is 11.8 Å². The number of hydrogen-bond acceptors (Lipinski definition) is 5. The minimum Gasteiger partial charge on any atom is -0.481 e. The lowest BCUT2D eigenvalue weighted by molar-refractivity contribution is -0.143. The Labute approximate surface area is 157 Å². The molecule has 3 rings (SSSR count). The lowest BCUT2D eigenvalue weighted by Gasteiger charge is -2.35. The number of benzene rings is 1. The lowest BCUT2D eigenvalue weighted by atomic mass is 9.91. The van der Waals surface area contributed by atoms with Crippen molar-refractivity contribution in [3.63, 3.8) is 0 Å². The second kappa shape index (κ2) is 8.20. The van der Waals surface area contributed by atoms with Crippen molar-refractivity contribution in [1.82, 2.24) is 20.4 Å². The highest BCUT2D eigenvalue weighted by molar-refractivity contribution is 5.76. The number of aromatic nitrogens is 2. The average molecular weight is 372 g/mol. The lowest BCUT2D eigenvalue weighted by Crippen LogP contribution is -2.49. The topological polar surface area (TPSA) is 109 Å². The van der Waals surface area contributed by atoms with E-state index < -0.39 is 17.9 Å². The van der Waals surface area contributed by atoms with Crippen LogP contribution >= 0.6 is 0 Å². The van der Waals surface area contributed by atoms with Gasteiger partial charge in [0.25, 0.3) is 0 Å². The summed E-state index contributed by atoms with van der Waals surface area (Å²) in [5.74, 6) is -0.378. The van der Waals surface area contributed by atoms with Crippen molar-refractivity contribution in [2.24, 2.45) is 11.8 Å². The second-order valence-electron chi connectivity index (χ2n) is 7.16. The summed E-state index contributed by atoms with van der Waals surface area (Å²) in [6.45, 7) is 4.46. The molecule has 1 fully saturated rings. The Hall–Kier alpha value is -2.90. The summed E-state index contributed by atoms with van der Waals surface area (Å²) >= 11 is 0. The number of likely N-dealkylation sites (tertiary alicyclic amines) is 1. The molecule has 1 aliphatic rings. The van der Waals surface area contributed by atoms with Crippen LogP contribution in [0, 0.1) is 11.8 Å². The Morgan fingerprint density at radius 3 is 2.78 bits per heavy atom. The molecule has 1 aromatic heterocycles. The van der Waals surface area contributed by atoms with Crippen LogP contribution in [-0.4, -0.2) is 45.2 Å². The predicted molar refractivity (Wildman–Crippen MR) is 97.0 cm³/mol. The van der Waals surface area contributed by atoms with E-state index in [0.717, 1.165) is 5.56 Å². The molecule has 27 heavy (non-hydrogen) atoms. The minimum absolute atomic E-state index is 0.141. The number of piperidine rings is 1. The van der Waals surface area contributed by atoms with Crippen molar-refractivity contribution in [3.8, 4) is 0 Å². The summed E-state index contributed by atoms with van der Waals surface area (Å²) in [6, 6.07) is 9.03. The molecular weight excluding hydrogens is 348 g/mol. The SMILES string of the molecule is CC1CC(C(=O)O)CN(C(=O)NC(C)c2nc(Cc3ccccc3)no2)C1. The molecule has 3 atom stereocenters. The van der Waals surface area contributed by atoms with Gasteiger partial charge in [-0.1, -0.05) is 42.4 Å². The summed E-state index contributed by atoms with van der Waals surface area (Å²) in [5.41, 5.74) is 1.07. The number of nitrogens with zero attached hydrogens (tertiary/aromatic N) is 3. The first-order valence-electron chi connectivity index (χ1n) is 9.07. The number of hydrogen-bond donors (Lipinski definition) is 2. The molecule has 144 valence electrons. The molecule has 2 aromatic rings. The van der Waals surface area contributed by atoms with E-state index >= 15 is 0 Å². The molecule has 1 aromatic carbocycles. The molecule has 0 saturated carbocycles. The molecule has 0 aliphatic carbocycles. The van der Waals surface area contributed by atoms with Gasteiger partial charge in [0.1, 0.15) is 6.04 Å². The van der Waals surface area contributed by atoms with Gasteiger partial charge in [-0.15, -0.1) is 0 Å².